The first-order chi connectivity index (χ1) is 15.4. The molecule has 6 nitrogen and oxygen atoms in total. The van der Waals surface area contributed by atoms with Gasteiger partial charge in [-0.2, -0.15) is 0 Å². The maximum atomic E-state index is 13.2. The van der Waals surface area contributed by atoms with Crippen molar-refractivity contribution in [3.8, 4) is 0 Å². The van der Waals surface area contributed by atoms with E-state index in [0.717, 1.165) is 37.4 Å². The van der Waals surface area contributed by atoms with Crippen LogP contribution in [0, 0.1) is 6.92 Å². The van der Waals surface area contributed by atoms with Crippen molar-refractivity contribution >= 4 is 33.0 Å². The summed E-state index contributed by atoms with van der Waals surface area (Å²) in [6.07, 6.45) is 0.905. The van der Waals surface area contributed by atoms with Gasteiger partial charge in [-0.25, -0.2) is 8.42 Å². The molecule has 2 heterocycles. The summed E-state index contributed by atoms with van der Waals surface area (Å²) in [7, 11) is -3.65. The van der Waals surface area contributed by atoms with Gasteiger partial charge in [-0.3, -0.25) is 14.4 Å². The quantitative estimate of drug-likeness (QED) is 0.587. The number of anilines is 1. The predicted octanol–water partition coefficient (Wildman–Crippen LogP) is 4.21. The van der Waals surface area contributed by atoms with E-state index < -0.39 is 10.0 Å². The van der Waals surface area contributed by atoms with E-state index in [1.807, 2.05) is 4.90 Å². The van der Waals surface area contributed by atoms with Crippen molar-refractivity contribution < 1.29 is 13.2 Å². The number of rotatable bonds is 6. The third-order valence-corrected chi connectivity index (χ3v) is 8.43. The molecule has 3 aromatic rings. The Morgan fingerprint density at radius 3 is 2.62 bits per heavy atom. The normalized spacial score (nSPS) is 15.3. The maximum absolute atomic E-state index is 13.2. The van der Waals surface area contributed by atoms with Crippen LogP contribution in [-0.2, 0) is 16.6 Å². The number of nitrogens with zero attached hydrogens (tertiary/aromatic N) is 2. The van der Waals surface area contributed by atoms with Gasteiger partial charge >= 0.3 is 0 Å². The van der Waals surface area contributed by atoms with E-state index in [-0.39, 0.29) is 10.1 Å². The molecule has 1 fully saturated rings. The highest BCUT2D eigenvalue weighted by Crippen LogP contribution is 2.22. The third kappa shape index (κ3) is 5.38. The molecule has 8 heteroatoms. The van der Waals surface area contributed by atoms with Crippen LogP contribution in [0.3, 0.4) is 0 Å². The Labute approximate surface area is 193 Å². The molecule has 1 N–H and O–H groups in total. The molecule has 0 saturated carbocycles. The molecule has 4 rings (SSSR count). The molecule has 168 valence electrons. The summed E-state index contributed by atoms with van der Waals surface area (Å²) in [6, 6.07) is 18.4. The van der Waals surface area contributed by atoms with Crippen molar-refractivity contribution in [2.45, 2.75) is 24.1 Å². The second-order valence-electron chi connectivity index (χ2n) is 7.97. The molecule has 0 spiro atoms. The molecular weight excluding hydrogens is 442 g/mol. The number of nitrogens with one attached hydrogen (secondary N) is 1. The van der Waals surface area contributed by atoms with Gasteiger partial charge in [-0.1, -0.05) is 36.4 Å². The zero-order chi connectivity index (χ0) is 22.6. The van der Waals surface area contributed by atoms with Gasteiger partial charge in [0, 0.05) is 44.0 Å². The second-order valence-corrected chi connectivity index (χ2v) is 10.8. The van der Waals surface area contributed by atoms with E-state index in [2.05, 4.69) is 40.8 Å². The number of amides is 1. The summed E-state index contributed by atoms with van der Waals surface area (Å²) in [5.74, 6) is -0.0695. The first-order valence-corrected chi connectivity index (χ1v) is 13.0. The molecule has 0 bridgehead atoms. The molecule has 0 radical (unpaired) electrons. The van der Waals surface area contributed by atoms with E-state index >= 15 is 0 Å². The highest BCUT2D eigenvalue weighted by Gasteiger charge is 2.22. The fourth-order valence-corrected chi connectivity index (χ4v) is 5.92. The van der Waals surface area contributed by atoms with Crippen LogP contribution < -0.4 is 4.72 Å². The molecule has 1 amide bonds. The van der Waals surface area contributed by atoms with E-state index in [1.165, 1.54) is 11.1 Å². The average Bonchev–Trinajstić information content (AvgIpc) is 3.23. The molecule has 2 aromatic carbocycles. The van der Waals surface area contributed by atoms with Crippen LogP contribution in [0.4, 0.5) is 5.69 Å². The first kappa shape index (κ1) is 22.5. The summed E-state index contributed by atoms with van der Waals surface area (Å²) >= 11 is 1.16. The second kappa shape index (κ2) is 9.85. The third-order valence-electron chi connectivity index (χ3n) is 5.65. The standard InChI is InChI=1S/C24H27N3O3S2/c1-19-7-2-3-8-21(19)18-26-12-6-13-27(15-14-26)24(28)20-9-4-10-22(17-20)25-32(29,30)23-11-5-16-31-23/h2-5,7-11,16-17,25H,6,12-15,18H2,1H3. The Morgan fingerprint density at radius 2 is 1.84 bits per heavy atom. The lowest BCUT2D eigenvalue weighted by Gasteiger charge is -2.23. The zero-order valence-corrected chi connectivity index (χ0v) is 19.7. The monoisotopic (exact) mass is 469 g/mol. The van der Waals surface area contributed by atoms with Crippen LogP contribution in [0.1, 0.15) is 27.9 Å². The molecular formula is C24H27N3O3S2. The fourth-order valence-electron chi connectivity index (χ4n) is 3.88. The SMILES string of the molecule is Cc1ccccc1CN1CCCN(C(=O)c2cccc(NS(=O)(=O)c3cccs3)c2)CC1. The van der Waals surface area contributed by atoms with Gasteiger partial charge in [0.05, 0.1) is 0 Å². The number of benzene rings is 2. The van der Waals surface area contributed by atoms with Crippen molar-refractivity contribution in [3.63, 3.8) is 0 Å². The molecule has 0 aliphatic carbocycles. The fraction of sp³-hybridized carbons (Fsp3) is 0.292. The Hall–Kier alpha value is -2.68. The minimum absolute atomic E-state index is 0.0695. The van der Waals surface area contributed by atoms with Gasteiger partial charge in [0.2, 0.25) is 0 Å². The number of hydrogen-bond acceptors (Lipinski definition) is 5. The predicted molar refractivity (Wildman–Crippen MR) is 129 cm³/mol. The molecule has 32 heavy (non-hydrogen) atoms. The maximum Gasteiger partial charge on any atom is 0.271 e. The Kier molecular flexibility index (Phi) is 6.93. The lowest BCUT2D eigenvalue weighted by atomic mass is 10.1. The van der Waals surface area contributed by atoms with Crippen molar-refractivity contribution in [1.29, 1.82) is 0 Å². The largest absolute Gasteiger partial charge is 0.337 e. The highest BCUT2D eigenvalue weighted by atomic mass is 32.2. The van der Waals surface area contributed by atoms with Crippen LogP contribution in [0.25, 0.3) is 0 Å². The number of carbonyl (C=O) groups excluding carboxylic acids is 1. The number of sulfonamides is 1. The summed E-state index contributed by atoms with van der Waals surface area (Å²) in [5, 5.41) is 1.72. The number of carbonyl (C=O) groups is 1. The lowest BCUT2D eigenvalue weighted by molar-refractivity contribution is 0.0761. The summed E-state index contributed by atoms with van der Waals surface area (Å²) in [6.45, 7) is 6.10. The Morgan fingerprint density at radius 1 is 1.00 bits per heavy atom. The topological polar surface area (TPSA) is 69.7 Å². The van der Waals surface area contributed by atoms with E-state index in [0.29, 0.717) is 24.3 Å². The van der Waals surface area contributed by atoms with E-state index in [9.17, 15) is 13.2 Å². The lowest BCUT2D eigenvalue weighted by Crippen LogP contribution is -2.35. The van der Waals surface area contributed by atoms with Gasteiger partial charge in [0.25, 0.3) is 15.9 Å². The van der Waals surface area contributed by atoms with Gasteiger partial charge in [0.1, 0.15) is 4.21 Å². The van der Waals surface area contributed by atoms with Crippen molar-refractivity contribution in [2.75, 3.05) is 30.9 Å². The molecule has 1 saturated heterocycles. The van der Waals surface area contributed by atoms with Crippen molar-refractivity contribution in [1.82, 2.24) is 9.80 Å². The minimum Gasteiger partial charge on any atom is -0.337 e. The van der Waals surface area contributed by atoms with Gasteiger partial charge in [0.15, 0.2) is 0 Å². The van der Waals surface area contributed by atoms with Crippen LogP contribution in [0.15, 0.2) is 70.3 Å². The minimum atomic E-state index is -3.65. The van der Waals surface area contributed by atoms with Crippen LogP contribution in [0.5, 0.6) is 0 Å². The van der Waals surface area contributed by atoms with Crippen molar-refractivity contribution in [3.05, 3.63) is 82.7 Å². The Balaban J connectivity index is 1.41. The number of hydrogen-bond donors (Lipinski definition) is 1. The highest BCUT2D eigenvalue weighted by molar-refractivity contribution is 7.94. The van der Waals surface area contributed by atoms with Crippen LogP contribution in [-0.4, -0.2) is 50.3 Å². The molecule has 1 aliphatic heterocycles. The zero-order valence-electron chi connectivity index (χ0n) is 18.0. The molecule has 1 aromatic heterocycles. The van der Waals surface area contributed by atoms with Gasteiger partial charge < -0.3 is 4.90 Å². The van der Waals surface area contributed by atoms with E-state index in [4.69, 9.17) is 0 Å². The molecule has 0 atom stereocenters. The van der Waals surface area contributed by atoms with E-state index in [1.54, 1.807) is 41.8 Å². The first-order valence-electron chi connectivity index (χ1n) is 10.6. The number of thiophene rings is 1. The van der Waals surface area contributed by atoms with Gasteiger partial charge in [-0.05, 0) is 54.1 Å². The van der Waals surface area contributed by atoms with Crippen LogP contribution >= 0.6 is 11.3 Å². The summed E-state index contributed by atoms with van der Waals surface area (Å²) < 4.78 is 27.8. The number of aryl methyl sites for hydroxylation is 1. The van der Waals surface area contributed by atoms with Crippen LogP contribution in [0.2, 0.25) is 0 Å². The molecule has 1 aliphatic rings. The summed E-state index contributed by atoms with van der Waals surface area (Å²) in [4.78, 5) is 17.4. The van der Waals surface area contributed by atoms with Crippen molar-refractivity contribution in [2.24, 2.45) is 0 Å². The summed E-state index contributed by atoms with van der Waals surface area (Å²) in [5.41, 5.74) is 3.48. The smallest absolute Gasteiger partial charge is 0.271 e. The molecule has 0 unspecified atom stereocenters. The average molecular weight is 470 g/mol. The van der Waals surface area contributed by atoms with Gasteiger partial charge in [-0.15, -0.1) is 11.3 Å². The Bertz CT molecular complexity index is 1180.